The molecule has 2 aliphatic heterocycles. The average Bonchev–Trinajstić information content (AvgIpc) is 3.09. The van der Waals surface area contributed by atoms with Crippen LogP contribution in [-0.2, 0) is 9.53 Å². The number of carbonyl (C=O) groups is 1. The summed E-state index contributed by atoms with van der Waals surface area (Å²) >= 11 is 0. The second-order valence-electron chi connectivity index (χ2n) is 6.07. The Balaban J connectivity index is 1.83. The van der Waals surface area contributed by atoms with E-state index in [1.165, 1.54) is 5.56 Å². The molecule has 1 aromatic carbocycles. The van der Waals surface area contributed by atoms with E-state index in [0.717, 1.165) is 31.4 Å². The summed E-state index contributed by atoms with van der Waals surface area (Å²) in [4.78, 5) is 14.6. The van der Waals surface area contributed by atoms with E-state index in [-0.39, 0.29) is 24.2 Å². The SMILES string of the molecule is CCC1NC(c2cccc(C)c2)N(CC2CCCO2)C1=O. The lowest BCUT2D eigenvalue weighted by Gasteiger charge is -2.27. The minimum absolute atomic E-state index is 0.0217. The van der Waals surface area contributed by atoms with Crippen molar-refractivity contribution in [3.05, 3.63) is 35.4 Å². The standard InChI is InChI=1S/C17H24N2O2/c1-3-15-17(20)19(11-14-8-5-9-21-14)16(18-15)13-7-4-6-12(2)10-13/h4,6-7,10,14-16,18H,3,5,8-9,11H2,1-2H3. The van der Waals surface area contributed by atoms with Gasteiger partial charge in [-0.1, -0.05) is 36.8 Å². The topological polar surface area (TPSA) is 41.6 Å². The lowest BCUT2D eigenvalue weighted by molar-refractivity contribution is -0.131. The fourth-order valence-electron chi connectivity index (χ4n) is 3.29. The first-order chi connectivity index (χ1) is 10.2. The third-order valence-electron chi connectivity index (χ3n) is 4.44. The summed E-state index contributed by atoms with van der Waals surface area (Å²) in [6.45, 7) is 5.66. The van der Waals surface area contributed by atoms with Crippen LogP contribution in [0.25, 0.3) is 0 Å². The molecular formula is C17H24N2O2. The number of aryl methyl sites for hydroxylation is 1. The highest BCUT2D eigenvalue weighted by Crippen LogP contribution is 2.28. The molecule has 4 nitrogen and oxygen atoms in total. The van der Waals surface area contributed by atoms with Crippen LogP contribution in [0.4, 0.5) is 0 Å². The van der Waals surface area contributed by atoms with E-state index in [4.69, 9.17) is 4.74 Å². The molecule has 3 rings (SSSR count). The van der Waals surface area contributed by atoms with Crippen LogP contribution in [0.15, 0.2) is 24.3 Å². The Morgan fingerprint density at radius 2 is 2.29 bits per heavy atom. The third-order valence-corrected chi connectivity index (χ3v) is 4.44. The van der Waals surface area contributed by atoms with E-state index in [1.807, 2.05) is 4.90 Å². The van der Waals surface area contributed by atoms with Crippen LogP contribution < -0.4 is 5.32 Å². The van der Waals surface area contributed by atoms with Gasteiger partial charge in [0.2, 0.25) is 5.91 Å². The zero-order valence-corrected chi connectivity index (χ0v) is 12.8. The maximum atomic E-state index is 12.6. The van der Waals surface area contributed by atoms with Gasteiger partial charge in [0.15, 0.2) is 0 Å². The monoisotopic (exact) mass is 288 g/mol. The summed E-state index contributed by atoms with van der Waals surface area (Å²) in [6.07, 6.45) is 3.15. The van der Waals surface area contributed by atoms with Gasteiger partial charge in [-0.25, -0.2) is 0 Å². The van der Waals surface area contributed by atoms with Crippen LogP contribution in [-0.4, -0.2) is 36.1 Å². The summed E-state index contributed by atoms with van der Waals surface area (Å²) in [7, 11) is 0. The van der Waals surface area contributed by atoms with E-state index in [9.17, 15) is 4.79 Å². The number of benzene rings is 1. The Labute approximate surface area is 126 Å². The van der Waals surface area contributed by atoms with Crippen LogP contribution in [0.3, 0.4) is 0 Å². The maximum absolute atomic E-state index is 12.6. The van der Waals surface area contributed by atoms with Crippen LogP contribution in [0.1, 0.15) is 43.5 Å². The zero-order valence-electron chi connectivity index (χ0n) is 12.8. The zero-order chi connectivity index (χ0) is 14.8. The van der Waals surface area contributed by atoms with E-state index < -0.39 is 0 Å². The third kappa shape index (κ3) is 2.97. The van der Waals surface area contributed by atoms with E-state index in [2.05, 4.69) is 43.4 Å². The minimum atomic E-state index is -0.0723. The summed E-state index contributed by atoms with van der Waals surface area (Å²) in [6, 6.07) is 8.32. The lowest BCUT2D eigenvalue weighted by Crippen LogP contribution is -2.37. The summed E-state index contributed by atoms with van der Waals surface area (Å²) in [5.74, 6) is 0.208. The molecule has 0 aliphatic carbocycles. The smallest absolute Gasteiger partial charge is 0.241 e. The number of carbonyl (C=O) groups excluding carboxylic acids is 1. The van der Waals surface area contributed by atoms with Gasteiger partial charge in [0, 0.05) is 13.2 Å². The van der Waals surface area contributed by atoms with Gasteiger partial charge in [0.25, 0.3) is 0 Å². The van der Waals surface area contributed by atoms with E-state index in [1.54, 1.807) is 0 Å². The number of nitrogens with one attached hydrogen (secondary N) is 1. The molecular weight excluding hydrogens is 264 g/mol. The molecule has 1 aromatic rings. The summed E-state index contributed by atoms with van der Waals surface area (Å²) in [5, 5.41) is 3.48. The van der Waals surface area contributed by atoms with Crippen molar-refractivity contribution in [3.63, 3.8) is 0 Å². The first-order valence-electron chi connectivity index (χ1n) is 7.93. The van der Waals surface area contributed by atoms with Crippen LogP contribution in [0, 0.1) is 6.92 Å². The fourth-order valence-corrected chi connectivity index (χ4v) is 3.29. The highest BCUT2D eigenvalue weighted by molar-refractivity contribution is 5.84. The Kier molecular flexibility index (Phi) is 4.27. The molecule has 3 atom stereocenters. The second kappa shape index (κ2) is 6.16. The molecule has 4 heteroatoms. The minimum Gasteiger partial charge on any atom is -0.376 e. The Hall–Kier alpha value is -1.39. The molecule has 3 unspecified atom stereocenters. The number of amides is 1. The van der Waals surface area contributed by atoms with Gasteiger partial charge in [0.1, 0.15) is 6.17 Å². The summed E-state index contributed by atoms with van der Waals surface area (Å²) in [5.41, 5.74) is 2.39. The Morgan fingerprint density at radius 1 is 1.43 bits per heavy atom. The number of hydrogen-bond donors (Lipinski definition) is 1. The van der Waals surface area contributed by atoms with Crippen molar-refractivity contribution in [1.29, 1.82) is 0 Å². The van der Waals surface area contributed by atoms with E-state index in [0.29, 0.717) is 6.54 Å². The van der Waals surface area contributed by atoms with Crippen LogP contribution >= 0.6 is 0 Å². The van der Waals surface area contributed by atoms with Gasteiger partial charge < -0.3 is 9.64 Å². The van der Waals surface area contributed by atoms with Crippen molar-refractivity contribution in [2.75, 3.05) is 13.2 Å². The van der Waals surface area contributed by atoms with Gasteiger partial charge in [-0.15, -0.1) is 0 Å². The molecule has 0 bridgehead atoms. The molecule has 0 radical (unpaired) electrons. The number of nitrogens with zero attached hydrogens (tertiary/aromatic N) is 1. The molecule has 2 aliphatic rings. The maximum Gasteiger partial charge on any atom is 0.241 e. The average molecular weight is 288 g/mol. The van der Waals surface area contributed by atoms with Crippen molar-refractivity contribution in [2.45, 2.75) is 51.4 Å². The van der Waals surface area contributed by atoms with Gasteiger partial charge in [-0.05, 0) is 31.7 Å². The predicted molar refractivity (Wildman–Crippen MR) is 81.8 cm³/mol. The molecule has 2 saturated heterocycles. The number of ether oxygens (including phenoxy) is 1. The fraction of sp³-hybridized carbons (Fsp3) is 0.588. The predicted octanol–water partition coefficient (Wildman–Crippen LogP) is 2.38. The largest absolute Gasteiger partial charge is 0.376 e. The summed E-state index contributed by atoms with van der Waals surface area (Å²) < 4.78 is 5.72. The highest BCUT2D eigenvalue weighted by Gasteiger charge is 2.40. The van der Waals surface area contributed by atoms with Crippen molar-refractivity contribution in [3.8, 4) is 0 Å². The van der Waals surface area contributed by atoms with Crippen molar-refractivity contribution in [1.82, 2.24) is 10.2 Å². The van der Waals surface area contributed by atoms with Crippen molar-refractivity contribution < 1.29 is 9.53 Å². The quantitative estimate of drug-likeness (QED) is 0.925. The highest BCUT2D eigenvalue weighted by atomic mass is 16.5. The second-order valence-corrected chi connectivity index (χ2v) is 6.07. The molecule has 0 aromatic heterocycles. The van der Waals surface area contributed by atoms with Gasteiger partial charge >= 0.3 is 0 Å². The molecule has 0 spiro atoms. The van der Waals surface area contributed by atoms with E-state index >= 15 is 0 Å². The first-order valence-corrected chi connectivity index (χ1v) is 7.93. The van der Waals surface area contributed by atoms with Gasteiger partial charge in [-0.2, -0.15) is 0 Å². The van der Waals surface area contributed by atoms with Crippen LogP contribution in [0.2, 0.25) is 0 Å². The van der Waals surface area contributed by atoms with Gasteiger partial charge in [0.05, 0.1) is 12.1 Å². The molecule has 2 heterocycles. The van der Waals surface area contributed by atoms with Crippen molar-refractivity contribution in [2.24, 2.45) is 0 Å². The molecule has 2 fully saturated rings. The lowest BCUT2D eigenvalue weighted by atomic mass is 10.1. The Bertz CT molecular complexity index is 511. The molecule has 114 valence electrons. The van der Waals surface area contributed by atoms with Crippen molar-refractivity contribution >= 4 is 5.91 Å². The molecule has 0 saturated carbocycles. The molecule has 21 heavy (non-hydrogen) atoms. The Morgan fingerprint density at radius 3 is 2.95 bits per heavy atom. The van der Waals surface area contributed by atoms with Gasteiger partial charge in [-0.3, -0.25) is 10.1 Å². The molecule has 1 amide bonds. The number of rotatable bonds is 4. The molecule has 1 N–H and O–H groups in total. The van der Waals surface area contributed by atoms with Crippen LogP contribution in [0.5, 0.6) is 0 Å². The number of hydrogen-bond acceptors (Lipinski definition) is 3. The first kappa shape index (κ1) is 14.5. The normalized spacial score (nSPS) is 29.3.